The maximum absolute atomic E-state index is 11.1. The lowest BCUT2D eigenvalue weighted by Crippen LogP contribution is -2.02. The first kappa shape index (κ1) is 16.6. The first-order chi connectivity index (χ1) is 13.6. The van der Waals surface area contributed by atoms with Gasteiger partial charge in [0.2, 0.25) is 5.82 Å². The van der Waals surface area contributed by atoms with E-state index in [1.165, 1.54) is 0 Å². The highest BCUT2D eigenvalue weighted by molar-refractivity contribution is 5.86. The van der Waals surface area contributed by atoms with Crippen molar-refractivity contribution in [3.8, 4) is 23.0 Å². The fourth-order valence-electron chi connectivity index (χ4n) is 3.82. The molecule has 0 amide bonds. The number of nitrogens with zero attached hydrogens (tertiary/aromatic N) is 5. The van der Waals surface area contributed by atoms with Gasteiger partial charge >= 0.3 is 5.97 Å². The van der Waals surface area contributed by atoms with Gasteiger partial charge in [-0.25, -0.2) is 4.98 Å². The topological polar surface area (TPSA) is 107 Å². The van der Waals surface area contributed by atoms with Crippen molar-refractivity contribution in [1.29, 1.82) is 0 Å². The fourth-order valence-corrected chi connectivity index (χ4v) is 3.82. The summed E-state index contributed by atoms with van der Waals surface area (Å²) >= 11 is 0. The maximum Gasteiger partial charge on any atom is 0.304 e. The van der Waals surface area contributed by atoms with Crippen LogP contribution < -0.4 is 0 Å². The van der Waals surface area contributed by atoms with Gasteiger partial charge in [0.05, 0.1) is 18.3 Å². The number of aliphatic carboxylic acids is 1. The van der Waals surface area contributed by atoms with E-state index in [1.807, 2.05) is 25.1 Å². The van der Waals surface area contributed by atoms with Crippen LogP contribution in [0.3, 0.4) is 0 Å². The van der Waals surface area contributed by atoms with Crippen molar-refractivity contribution in [3.05, 3.63) is 48.0 Å². The van der Waals surface area contributed by atoms with Gasteiger partial charge in [0.25, 0.3) is 5.89 Å². The predicted octanol–water partition coefficient (Wildman–Crippen LogP) is 3.42. The molecule has 4 heterocycles. The molecule has 1 N–H and O–H groups in total. The van der Waals surface area contributed by atoms with Crippen molar-refractivity contribution in [2.45, 2.75) is 32.2 Å². The average molecular weight is 375 g/mol. The highest BCUT2D eigenvalue weighted by Crippen LogP contribution is 2.37. The first-order valence-electron chi connectivity index (χ1n) is 9.06. The van der Waals surface area contributed by atoms with Crippen molar-refractivity contribution in [2.24, 2.45) is 0 Å². The molecule has 1 aromatic carbocycles. The Kier molecular flexibility index (Phi) is 3.71. The molecule has 140 valence electrons. The molecular weight excluding hydrogens is 358 g/mol. The number of hydrogen-bond acceptors (Lipinski definition) is 6. The number of carbonyl (C=O) groups is 1. The van der Waals surface area contributed by atoms with Gasteiger partial charge in [-0.3, -0.25) is 9.78 Å². The number of hydrogen-bond donors (Lipinski definition) is 1. The average Bonchev–Trinajstić information content (AvgIpc) is 3.38. The summed E-state index contributed by atoms with van der Waals surface area (Å²) in [7, 11) is 0. The molecule has 28 heavy (non-hydrogen) atoms. The maximum atomic E-state index is 11.1. The predicted molar refractivity (Wildman–Crippen MR) is 101 cm³/mol. The van der Waals surface area contributed by atoms with Crippen molar-refractivity contribution >= 4 is 16.9 Å². The zero-order valence-corrected chi connectivity index (χ0v) is 15.2. The van der Waals surface area contributed by atoms with E-state index in [1.54, 1.807) is 12.4 Å². The van der Waals surface area contributed by atoms with Crippen LogP contribution in [0.4, 0.5) is 0 Å². The monoisotopic (exact) mass is 375 g/mol. The number of aromatic nitrogens is 5. The van der Waals surface area contributed by atoms with Gasteiger partial charge in [-0.1, -0.05) is 5.16 Å². The lowest BCUT2D eigenvalue weighted by molar-refractivity contribution is -0.137. The molecule has 0 saturated heterocycles. The molecule has 8 heteroatoms. The van der Waals surface area contributed by atoms with Crippen LogP contribution in [0.25, 0.3) is 33.9 Å². The summed E-state index contributed by atoms with van der Waals surface area (Å²) in [6.45, 7) is 2.70. The number of aryl methyl sites for hydroxylation is 2. The summed E-state index contributed by atoms with van der Waals surface area (Å²) in [5.74, 6) is 0.101. The minimum Gasteiger partial charge on any atom is -0.481 e. The normalized spacial score (nSPS) is 15.8. The molecule has 0 radical (unpaired) electrons. The second kappa shape index (κ2) is 6.26. The van der Waals surface area contributed by atoms with Gasteiger partial charge in [-0.15, -0.1) is 0 Å². The molecule has 1 aliphatic rings. The molecule has 3 aromatic heterocycles. The number of carboxylic acid groups (broad SMARTS) is 1. The summed E-state index contributed by atoms with van der Waals surface area (Å²) in [5, 5.41) is 14.2. The van der Waals surface area contributed by atoms with Crippen LogP contribution >= 0.6 is 0 Å². The molecule has 8 nitrogen and oxygen atoms in total. The third-order valence-corrected chi connectivity index (χ3v) is 5.16. The summed E-state index contributed by atoms with van der Waals surface area (Å²) in [6, 6.07) is 8.06. The lowest BCUT2D eigenvalue weighted by atomic mass is 10.0. The van der Waals surface area contributed by atoms with Crippen LogP contribution in [-0.2, 0) is 11.3 Å². The van der Waals surface area contributed by atoms with Gasteiger partial charge in [-0.2, -0.15) is 4.98 Å². The first-order valence-corrected chi connectivity index (χ1v) is 9.06. The van der Waals surface area contributed by atoms with E-state index in [4.69, 9.17) is 9.63 Å². The molecule has 5 rings (SSSR count). The van der Waals surface area contributed by atoms with Gasteiger partial charge in [-0.05, 0) is 37.6 Å². The highest BCUT2D eigenvalue weighted by atomic mass is 16.5. The Morgan fingerprint density at radius 1 is 1.29 bits per heavy atom. The Morgan fingerprint density at radius 3 is 2.96 bits per heavy atom. The highest BCUT2D eigenvalue weighted by Gasteiger charge is 2.27. The number of benzene rings is 1. The standard InChI is InChI=1S/C20H17N5O3/c1-11-9-22-15(10-21-11)20-23-19(24-28-20)13-2-3-16-14(6-13)7-17-12(8-18(26)27)4-5-25(16)17/h2-3,6-7,9-10,12H,4-5,8H2,1H3,(H,26,27)/t12-/m1/s1. The Hall–Kier alpha value is -3.55. The zero-order chi connectivity index (χ0) is 19.3. The van der Waals surface area contributed by atoms with E-state index in [2.05, 4.69) is 30.7 Å². The molecule has 1 atom stereocenters. The van der Waals surface area contributed by atoms with E-state index < -0.39 is 5.97 Å². The summed E-state index contributed by atoms with van der Waals surface area (Å²) in [6.07, 6.45) is 4.29. The largest absolute Gasteiger partial charge is 0.481 e. The van der Waals surface area contributed by atoms with Crippen molar-refractivity contribution in [2.75, 3.05) is 0 Å². The third kappa shape index (κ3) is 2.74. The summed E-state index contributed by atoms with van der Waals surface area (Å²) in [5.41, 5.74) is 4.36. The van der Waals surface area contributed by atoms with Crippen LogP contribution in [0.5, 0.6) is 0 Å². The van der Waals surface area contributed by atoms with Crippen LogP contribution in [0.2, 0.25) is 0 Å². The van der Waals surface area contributed by atoms with Crippen LogP contribution in [0.15, 0.2) is 41.2 Å². The van der Waals surface area contributed by atoms with E-state index in [-0.39, 0.29) is 12.3 Å². The van der Waals surface area contributed by atoms with Gasteiger partial charge in [0.1, 0.15) is 5.69 Å². The number of carboxylic acids is 1. The summed E-state index contributed by atoms with van der Waals surface area (Å²) in [4.78, 5) is 24.0. The molecule has 1 aliphatic heterocycles. The molecule has 0 aliphatic carbocycles. The van der Waals surface area contributed by atoms with Crippen molar-refractivity contribution < 1.29 is 14.4 Å². The SMILES string of the molecule is Cc1cnc(-c2nc(-c3ccc4c(c3)cc3n4CC[C@@H]3CC(=O)O)no2)cn1. The lowest BCUT2D eigenvalue weighted by Gasteiger charge is -2.04. The smallest absolute Gasteiger partial charge is 0.304 e. The quantitative estimate of drug-likeness (QED) is 0.582. The number of rotatable bonds is 4. The molecule has 4 aromatic rings. The Morgan fingerprint density at radius 2 is 2.18 bits per heavy atom. The van der Waals surface area contributed by atoms with Crippen LogP contribution in [0.1, 0.15) is 30.1 Å². The Bertz CT molecular complexity index is 1190. The van der Waals surface area contributed by atoms with Crippen molar-refractivity contribution in [3.63, 3.8) is 0 Å². The van der Waals surface area contributed by atoms with Gasteiger partial charge in [0.15, 0.2) is 0 Å². The second-order valence-corrected chi connectivity index (χ2v) is 7.04. The Balaban J connectivity index is 1.49. The molecule has 0 bridgehead atoms. The third-order valence-electron chi connectivity index (χ3n) is 5.16. The molecular formula is C20H17N5O3. The molecule has 0 spiro atoms. The summed E-state index contributed by atoms with van der Waals surface area (Å²) < 4.78 is 7.55. The molecule has 0 unspecified atom stereocenters. The van der Waals surface area contributed by atoms with Gasteiger partial charge in [0, 0.05) is 40.8 Å². The van der Waals surface area contributed by atoms with Crippen LogP contribution in [-0.4, -0.2) is 35.8 Å². The number of fused-ring (bicyclic) bond motifs is 3. The van der Waals surface area contributed by atoms with E-state index in [0.717, 1.165) is 40.8 Å². The van der Waals surface area contributed by atoms with Gasteiger partial charge < -0.3 is 14.2 Å². The molecule has 0 fully saturated rings. The fraction of sp³-hybridized carbons (Fsp3) is 0.250. The van der Waals surface area contributed by atoms with E-state index in [0.29, 0.717) is 17.4 Å². The van der Waals surface area contributed by atoms with E-state index >= 15 is 0 Å². The zero-order valence-electron chi connectivity index (χ0n) is 15.2. The molecule has 0 saturated carbocycles. The van der Waals surface area contributed by atoms with E-state index in [9.17, 15) is 4.79 Å². The van der Waals surface area contributed by atoms with Crippen molar-refractivity contribution in [1.82, 2.24) is 24.7 Å². The van der Waals surface area contributed by atoms with Crippen LogP contribution in [0, 0.1) is 6.92 Å². The Labute approximate surface area is 159 Å². The second-order valence-electron chi connectivity index (χ2n) is 7.04. The minimum absolute atomic E-state index is 0.0604. The minimum atomic E-state index is -0.761.